The molecule has 0 fully saturated rings. The lowest BCUT2D eigenvalue weighted by Crippen LogP contribution is -2.52. The lowest BCUT2D eigenvalue weighted by atomic mass is 9.97. The predicted molar refractivity (Wildman–Crippen MR) is 115 cm³/mol. The van der Waals surface area contributed by atoms with Crippen LogP contribution < -0.4 is 10.1 Å². The van der Waals surface area contributed by atoms with Crippen LogP contribution in [-0.4, -0.2) is 43.0 Å². The topological polar surface area (TPSA) is 58.6 Å². The SMILES string of the molecule is COc1ccc(C(=O)NC(C(=O)N2CC=C(c3ccc(F)cc3)CC2)C(C)C)cc1. The molecule has 3 rings (SSSR count). The number of amides is 2. The quantitative estimate of drug-likeness (QED) is 0.786. The number of hydrogen-bond acceptors (Lipinski definition) is 3. The van der Waals surface area contributed by atoms with Gasteiger partial charge in [-0.25, -0.2) is 4.39 Å². The molecule has 0 aromatic heterocycles. The Morgan fingerprint density at radius 3 is 2.27 bits per heavy atom. The van der Waals surface area contributed by atoms with E-state index in [-0.39, 0.29) is 23.5 Å². The van der Waals surface area contributed by atoms with Crippen LogP contribution in [0.3, 0.4) is 0 Å². The molecule has 1 atom stereocenters. The van der Waals surface area contributed by atoms with E-state index in [1.165, 1.54) is 12.1 Å². The van der Waals surface area contributed by atoms with Gasteiger partial charge in [0.1, 0.15) is 17.6 Å². The van der Waals surface area contributed by atoms with Gasteiger partial charge in [-0.3, -0.25) is 9.59 Å². The normalized spacial score (nSPS) is 14.8. The van der Waals surface area contributed by atoms with Crippen molar-refractivity contribution in [1.82, 2.24) is 10.2 Å². The summed E-state index contributed by atoms with van der Waals surface area (Å²) in [5, 5.41) is 2.88. The number of hydrogen-bond donors (Lipinski definition) is 1. The van der Waals surface area contributed by atoms with Crippen LogP contribution in [0.1, 0.15) is 36.2 Å². The van der Waals surface area contributed by atoms with Crippen molar-refractivity contribution in [3.8, 4) is 5.75 Å². The minimum absolute atomic E-state index is 0.0535. The van der Waals surface area contributed by atoms with Crippen molar-refractivity contribution < 1.29 is 18.7 Å². The van der Waals surface area contributed by atoms with Crippen molar-refractivity contribution in [1.29, 1.82) is 0 Å². The van der Waals surface area contributed by atoms with E-state index in [9.17, 15) is 14.0 Å². The number of rotatable bonds is 6. The minimum atomic E-state index is -0.611. The maximum Gasteiger partial charge on any atom is 0.251 e. The van der Waals surface area contributed by atoms with Crippen LogP contribution >= 0.6 is 0 Å². The fraction of sp³-hybridized carbons (Fsp3) is 0.333. The molecule has 30 heavy (non-hydrogen) atoms. The van der Waals surface area contributed by atoms with E-state index in [0.717, 1.165) is 11.1 Å². The molecule has 1 aliphatic rings. The number of nitrogens with zero attached hydrogens (tertiary/aromatic N) is 1. The first-order valence-corrected chi connectivity index (χ1v) is 10.1. The van der Waals surface area contributed by atoms with Gasteiger partial charge in [-0.1, -0.05) is 32.1 Å². The lowest BCUT2D eigenvalue weighted by Gasteiger charge is -2.32. The summed E-state index contributed by atoms with van der Waals surface area (Å²) in [4.78, 5) is 27.5. The fourth-order valence-corrected chi connectivity index (χ4v) is 3.47. The first-order chi connectivity index (χ1) is 14.4. The van der Waals surface area contributed by atoms with E-state index < -0.39 is 6.04 Å². The summed E-state index contributed by atoms with van der Waals surface area (Å²) in [6.07, 6.45) is 2.69. The summed E-state index contributed by atoms with van der Waals surface area (Å²) in [5.74, 6) is -0.0351. The number of halogens is 1. The molecular weight excluding hydrogens is 383 g/mol. The summed E-state index contributed by atoms with van der Waals surface area (Å²) in [6.45, 7) is 4.86. The van der Waals surface area contributed by atoms with Crippen LogP contribution in [0.15, 0.2) is 54.6 Å². The third kappa shape index (κ3) is 5.06. The van der Waals surface area contributed by atoms with Crippen molar-refractivity contribution in [3.05, 3.63) is 71.6 Å². The fourth-order valence-electron chi connectivity index (χ4n) is 3.47. The van der Waals surface area contributed by atoms with E-state index in [1.54, 1.807) is 48.4 Å². The number of methoxy groups -OCH3 is 1. The number of ether oxygens (including phenoxy) is 1. The highest BCUT2D eigenvalue weighted by Gasteiger charge is 2.29. The molecule has 2 amide bonds. The molecule has 1 unspecified atom stereocenters. The van der Waals surface area contributed by atoms with Crippen molar-refractivity contribution in [2.75, 3.05) is 20.2 Å². The lowest BCUT2D eigenvalue weighted by molar-refractivity contribution is -0.133. The van der Waals surface area contributed by atoms with E-state index >= 15 is 0 Å². The molecule has 1 N–H and O–H groups in total. The Morgan fingerprint density at radius 2 is 1.73 bits per heavy atom. The van der Waals surface area contributed by atoms with Crippen LogP contribution in [0, 0.1) is 11.7 Å². The Hall–Kier alpha value is -3.15. The van der Waals surface area contributed by atoms with Gasteiger partial charge in [0.05, 0.1) is 7.11 Å². The maximum absolute atomic E-state index is 13.1. The number of carbonyl (C=O) groups is 2. The van der Waals surface area contributed by atoms with Crippen LogP contribution in [0.25, 0.3) is 5.57 Å². The molecular formula is C24H27FN2O3. The van der Waals surface area contributed by atoms with Crippen LogP contribution in [0.2, 0.25) is 0 Å². The Labute approximate surface area is 176 Å². The largest absolute Gasteiger partial charge is 0.497 e. The zero-order valence-electron chi connectivity index (χ0n) is 17.5. The van der Waals surface area contributed by atoms with Crippen LogP contribution in [-0.2, 0) is 4.79 Å². The van der Waals surface area contributed by atoms with Gasteiger partial charge in [0.15, 0.2) is 0 Å². The summed E-state index contributed by atoms with van der Waals surface area (Å²) in [7, 11) is 1.57. The second-order valence-corrected chi connectivity index (χ2v) is 7.69. The molecule has 0 bridgehead atoms. The molecule has 158 valence electrons. The summed E-state index contributed by atoms with van der Waals surface area (Å²) < 4.78 is 18.3. The summed E-state index contributed by atoms with van der Waals surface area (Å²) >= 11 is 0. The third-order valence-corrected chi connectivity index (χ3v) is 5.31. The maximum atomic E-state index is 13.1. The van der Waals surface area contributed by atoms with Gasteiger partial charge in [-0.15, -0.1) is 0 Å². The van der Waals surface area contributed by atoms with Gasteiger partial charge >= 0.3 is 0 Å². The highest BCUT2D eigenvalue weighted by Crippen LogP contribution is 2.23. The van der Waals surface area contributed by atoms with Gasteiger partial charge in [-0.2, -0.15) is 0 Å². The second kappa shape index (κ2) is 9.57. The second-order valence-electron chi connectivity index (χ2n) is 7.69. The van der Waals surface area contributed by atoms with E-state index in [0.29, 0.717) is 30.8 Å². The molecule has 0 spiro atoms. The molecule has 0 saturated carbocycles. The Morgan fingerprint density at radius 1 is 1.07 bits per heavy atom. The summed E-state index contributed by atoms with van der Waals surface area (Å²) in [6, 6.07) is 12.6. The molecule has 0 radical (unpaired) electrons. The molecule has 5 nitrogen and oxygen atoms in total. The Bertz CT molecular complexity index is 920. The average Bonchev–Trinajstić information content (AvgIpc) is 2.77. The summed E-state index contributed by atoms with van der Waals surface area (Å²) in [5.41, 5.74) is 2.55. The Kier molecular flexibility index (Phi) is 6.87. The van der Waals surface area contributed by atoms with Crippen molar-refractivity contribution in [3.63, 3.8) is 0 Å². The monoisotopic (exact) mass is 410 g/mol. The molecule has 6 heteroatoms. The molecule has 2 aromatic rings. The van der Waals surface area contributed by atoms with Gasteiger partial charge in [-0.05, 0) is 59.9 Å². The molecule has 0 saturated heterocycles. The van der Waals surface area contributed by atoms with E-state index in [2.05, 4.69) is 5.32 Å². The highest BCUT2D eigenvalue weighted by molar-refractivity contribution is 5.97. The van der Waals surface area contributed by atoms with Gasteiger partial charge in [0, 0.05) is 18.7 Å². The van der Waals surface area contributed by atoms with Gasteiger partial charge < -0.3 is 15.0 Å². The van der Waals surface area contributed by atoms with Crippen LogP contribution in [0.5, 0.6) is 5.75 Å². The first kappa shape index (κ1) is 21.6. The average molecular weight is 410 g/mol. The third-order valence-electron chi connectivity index (χ3n) is 5.31. The standard InChI is InChI=1S/C24H27FN2O3/c1-16(2)22(26-23(28)19-6-10-21(30-3)11-7-19)24(29)27-14-12-18(13-15-27)17-4-8-20(25)9-5-17/h4-12,16,22H,13-15H2,1-3H3,(H,26,28). The number of nitrogens with one attached hydrogen (secondary N) is 1. The predicted octanol–water partition coefficient (Wildman–Crippen LogP) is 3.90. The zero-order valence-corrected chi connectivity index (χ0v) is 17.5. The Balaban J connectivity index is 1.66. The first-order valence-electron chi connectivity index (χ1n) is 10.1. The smallest absolute Gasteiger partial charge is 0.251 e. The molecule has 1 heterocycles. The van der Waals surface area contributed by atoms with Crippen LogP contribution in [0.4, 0.5) is 4.39 Å². The molecule has 1 aliphatic heterocycles. The van der Waals surface area contributed by atoms with E-state index in [1.807, 2.05) is 19.9 Å². The molecule has 0 aliphatic carbocycles. The number of benzene rings is 2. The van der Waals surface area contributed by atoms with Crippen molar-refractivity contribution >= 4 is 17.4 Å². The zero-order chi connectivity index (χ0) is 21.7. The van der Waals surface area contributed by atoms with Crippen molar-refractivity contribution in [2.24, 2.45) is 5.92 Å². The number of carbonyl (C=O) groups excluding carboxylic acids is 2. The molecule has 2 aromatic carbocycles. The van der Waals surface area contributed by atoms with Crippen molar-refractivity contribution in [2.45, 2.75) is 26.3 Å². The van der Waals surface area contributed by atoms with E-state index in [4.69, 9.17) is 4.74 Å². The minimum Gasteiger partial charge on any atom is -0.497 e. The van der Waals surface area contributed by atoms with Gasteiger partial charge in [0.25, 0.3) is 5.91 Å². The van der Waals surface area contributed by atoms with Gasteiger partial charge in [0.2, 0.25) is 5.91 Å². The highest BCUT2D eigenvalue weighted by atomic mass is 19.1.